The Balaban J connectivity index is 1.90. The van der Waals surface area contributed by atoms with Crippen molar-refractivity contribution < 1.29 is 27.1 Å². The molecule has 0 atom stereocenters. The molecule has 110 valence electrons. The van der Waals surface area contributed by atoms with Gasteiger partial charge in [0, 0.05) is 32.1 Å². The van der Waals surface area contributed by atoms with Gasteiger partial charge in [-0.3, -0.25) is 4.98 Å². The van der Waals surface area contributed by atoms with Gasteiger partial charge in [-0.25, -0.2) is 9.18 Å². The van der Waals surface area contributed by atoms with E-state index >= 15 is 0 Å². The van der Waals surface area contributed by atoms with Gasteiger partial charge >= 0.3 is 12.1 Å². The van der Waals surface area contributed by atoms with Crippen LogP contribution in [0.1, 0.15) is 12.8 Å². The molecule has 1 aliphatic heterocycles. The number of carbonyl (C=O) groups excluding carboxylic acids is 1. The molecule has 2 rings (SSSR count). The number of esters is 1. The second kappa shape index (κ2) is 5.64. The van der Waals surface area contributed by atoms with Crippen LogP contribution < -0.4 is 4.90 Å². The number of rotatable bonds is 2. The highest BCUT2D eigenvalue weighted by molar-refractivity contribution is 5.75. The first kappa shape index (κ1) is 14.5. The van der Waals surface area contributed by atoms with E-state index in [1.807, 2.05) is 0 Å². The summed E-state index contributed by atoms with van der Waals surface area (Å²) in [6, 6.07) is 1.50. The van der Waals surface area contributed by atoms with Gasteiger partial charge in [0.25, 0.3) is 0 Å². The third-order valence-electron chi connectivity index (χ3n) is 3.04. The molecule has 0 radical (unpaired) electrons. The zero-order chi connectivity index (χ0) is 14.8. The van der Waals surface area contributed by atoms with Crippen LogP contribution >= 0.6 is 0 Å². The fourth-order valence-electron chi connectivity index (χ4n) is 2.06. The quantitative estimate of drug-likeness (QED) is 0.619. The van der Waals surface area contributed by atoms with Crippen LogP contribution in [-0.4, -0.2) is 36.3 Å². The van der Waals surface area contributed by atoms with Crippen LogP contribution in [0.2, 0.25) is 0 Å². The van der Waals surface area contributed by atoms with Gasteiger partial charge in [-0.1, -0.05) is 0 Å². The van der Waals surface area contributed by atoms with Crippen LogP contribution in [0.3, 0.4) is 0 Å². The molecule has 1 saturated heterocycles. The van der Waals surface area contributed by atoms with Gasteiger partial charge in [-0.15, -0.1) is 0 Å². The molecular weight excluding hydrogens is 280 g/mol. The summed E-state index contributed by atoms with van der Waals surface area (Å²) in [5, 5.41) is 0. The van der Waals surface area contributed by atoms with Crippen molar-refractivity contribution in [1.29, 1.82) is 0 Å². The second-order valence-corrected chi connectivity index (χ2v) is 4.42. The third-order valence-corrected chi connectivity index (χ3v) is 3.04. The van der Waals surface area contributed by atoms with Gasteiger partial charge in [0.2, 0.25) is 0 Å². The van der Waals surface area contributed by atoms with Gasteiger partial charge in [0.05, 0.1) is 11.9 Å². The van der Waals surface area contributed by atoms with Crippen molar-refractivity contribution in [1.82, 2.24) is 4.98 Å². The molecule has 1 aromatic rings. The number of alkyl halides is 3. The van der Waals surface area contributed by atoms with Crippen LogP contribution in [0.4, 0.5) is 23.2 Å². The van der Waals surface area contributed by atoms with Crippen LogP contribution in [-0.2, 0) is 9.53 Å². The molecule has 0 saturated carbocycles. The van der Waals surface area contributed by atoms with Gasteiger partial charge in [0.15, 0.2) is 5.82 Å². The van der Waals surface area contributed by atoms with E-state index in [4.69, 9.17) is 0 Å². The first-order chi connectivity index (χ1) is 9.38. The number of piperidine rings is 1. The Hall–Kier alpha value is -1.86. The zero-order valence-corrected chi connectivity index (χ0v) is 10.4. The Morgan fingerprint density at radius 2 is 2.00 bits per heavy atom. The lowest BCUT2D eigenvalue weighted by atomic mass is 10.1. The van der Waals surface area contributed by atoms with Gasteiger partial charge in [-0.05, 0) is 6.07 Å². The first-order valence-corrected chi connectivity index (χ1v) is 6.00. The number of halogens is 4. The summed E-state index contributed by atoms with van der Waals surface area (Å²) in [6.07, 6.45) is -2.80. The van der Waals surface area contributed by atoms with Crippen molar-refractivity contribution in [3.05, 3.63) is 24.3 Å². The molecule has 1 aromatic heterocycles. The average molecular weight is 292 g/mol. The molecule has 1 aliphatic rings. The summed E-state index contributed by atoms with van der Waals surface area (Å²) in [6.45, 7) is 0.632. The average Bonchev–Trinajstić information content (AvgIpc) is 2.39. The normalized spacial score (nSPS) is 17.1. The predicted octanol–water partition coefficient (Wildman–Crippen LogP) is 2.29. The lowest BCUT2D eigenvalue weighted by molar-refractivity contribution is -0.205. The number of nitrogens with zero attached hydrogens (tertiary/aromatic N) is 2. The van der Waals surface area contributed by atoms with Crippen molar-refractivity contribution in [2.75, 3.05) is 18.0 Å². The van der Waals surface area contributed by atoms with E-state index in [9.17, 15) is 22.4 Å². The molecule has 20 heavy (non-hydrogen) atoms. The van der Waals surface area contributed by atoms with Crippen molar-refractivity contribution >= 4 is 11.7 Å². The monoisotopic (exact) mass is 292 g/mol. The maximum absolute atomic E-state index is 13.5. The summed E-state index contributed by atoms with van der Waals surface area (Å²) in [7, 11) is 0. The number of hydrogen-bond acceptors (Lipinski definition) is 4. The Bertz CT molecular complexity index is 485. The number of pyridine rings is 1. The van der Waals surface area contributed by atoms with Crippen LogP contribution in [0.5, 0.6) is 0 Å². The fraction of sp³-hybridized carbons (Fsp3) is 0.500. The Labute approximate surface area is 112 Å². The summed E-state index contributed by atoms with van der Waals surface area (Å²) in [5.74, 6) is -2.66. The van der Waals surface area contributed by atoms with Crippen LogP contribution in [0, 0.1) is 5.82 Å². The largest absolute Gasteiger partial charge is 0.490 e. The topological polar surface area (TPSA) is 42.4 Å². The smallest absolute Gasteiger partial charge is 0.456 e. The van der Waals surface area contributed by atoms with E-state index < -0.39 is 24.1 Å². The van der Waals surface area contributed by atoms with E-state index in [2.05, 4.69) is 9.72 Å². The van der Waals surface area contributed by atoms with Crippen molar-refractivity contribution in [2.24, 2.45) is 0 Å². The van der Waals surface area contributed by atoms with Crippen molar-refractivity contribution in [3.63, 3.8) is 0 Å². The van der Waals surface area contributed by atoms with Crippen LogP contribution in [0.25, 0.3) is 0 Å². The summed E-state index contributed by atoms with van der Waals surface area (Å²) < 4.78 is 54.0. The standard InChI is InChI=1S/C12H12F4N2O2/c13-9-7-17-4-1-10(9)18-5-2-8(3-6-18)20-11(19)12(14,15)16/h1,4,7-8H,2-3,5-6H2. The maximum atomic E-state index is 13.5. The highest BCUT2D eigenvalue weighted by Gasteiger charge is 2.42. The Kier molecular flexibility index (Phi) is 4.10. The minimum atomic E-state index is -4.98. The van der Waals surface area contributed by atoms with E-state index in [1.54, 1.807) is 4.90 Å². The molecule has 0 spiro atoms. The number of anilines is 1. The SMILES string of the molecule is O=C(OC1CCN(c2ccncc2F)CC1)C(F)(F)F. The number of carbonyl (C=O) groups is 1. The summed E-state index contributed by atoms with van der Waals surface area (Å²) >= 11 is 0. The molecule has 4 nitrogen and oxygen atoms in total. The van der Waals surface area contributed by atoms with E-state index in [0.717, 1.165) is 6.20 Å². The minimum absolute atomic E-state index is 0.226. The summed E-state index contributed by atoms with van der Waals surface area (Å²) in [4.78, 5) is 16.0. The number of hydrogen-bond donors (Lipinski definition) is 0. The molecule has 0 aliphatic carbocycles. The minimum Gasteiger partial charge on any atom is -0.456 e. The summed E-state index contributed by atoms with van der Waals surface area (Å²) in [5.41, 5.74) is 0.348. The Morgan fingerprint density at radius 1 is 1.35 bits per heavy atom. The zero-order valence-electron chi connectivity index (χ0n) is 10.4. The first-order valence-electron chi connectivity index (χ1n) is 6.00. The highest BCUT2D eigenvalue weighted by Crippen LogP contribution is 2.25. The van der Waals surface area contributed by atoms with E-state index in [0.29, 0.717) is 18.8 Å². The molecule has 1 fully saturated rings. The maximum Gasteiger partial charge on any atom is 0.490 e. The fourth-order valence-corrected chi connectivity index (χ4v) is 2.06. The third kappa shape index (κ3) is 3.37. The lowest BCUT2D eigenvalue weighted by Gasteiger charge is -2.33. The molecule has 0 bridgehead atoms. The molecule has 0 N–H and O–H groups in total. The van der Waals surface area contributed by atoms with E-state index in [-0.39, 0.29) is 12.8 Å². The molecule has 2 heterocycles. The molecular formula is C12H12F4N2O2. The van der Waals surface area contributed by atoms with Crippen LogP contribution in [0.15, 0.2) is 18.5 Å². The molecule has 0 unspecified atom stereocenters. The van der Waals surface area contributed by atoms with Gasteiger partial charge in [0.1, 0.15) is 6.10 Å². The molecule has 0 aromatic carbocycles. The predicted molar refractivity (Wildman–Crippen MR) is 61.6 cm³/mol. The highest BCUT2D eigenvalue weighted by atomic mass is 19.4. The van der Waals surface area contributed by atoms with Gasteiger partial charge in [-0.2, -0.15) is 13.2 Å². The number of aromatic nitrogens is 1. The Morgan fingerprint density at radius 3 is 2.55 bits per heavy atom. The second-order valence-electron chi connectivity index (χ2n) is 4.42. The molecule has 8 heteroatoms. The lowest BCUT2D eigenvalue weighted by Crippen LogP contribution is -2.40. The molecule has 0 amide bonds. The van der Waals surface area contributed by atoms with Gasteiger partial charge < -0.3 is 9.64 Å². The number of ether oxygens (including phenoxy) is 1. The van der Waals surface area contributed by atoms with E-state index in [1.165, 1.54) is 12.3 Å². The van der Waals surface area contributed by atoms with Crippen molar-refractivity contribution in [3.8, 4) is 0 Å². The van der Waals surface area contributed by atoms with Crippen molar-refractivity contribution in [2.45, 2.75) is 25.1 Å².